The topological polar surface area (TPSA) is 98.2 Å². The molecule has 8 nitrogen and oxygen atoms in total. The molecule has 0 aliphatic carbocycles. The van der Waals surface area contributed by atoms with E-state index < -0.39 is 33.1 Å². The lowest BCUT2D eigenvalue weighted by Crippen LogP contribution is -2.44. The number of ether oxygens (including phenoxy) is 2. The van der Waals surface area contributed by atoms with Crippen molar-refractivity contribution in [2.75, 3.05) is 18.2 Å². The van der Waals surface area contributed by atoms with Crippen LogP contribution < -0.4 is 4.90 Å². The Labute approximate surface area is 165 Å². The molecule has 0 bridgehead atoms. The van der Waals surface area contributed by atoms with Crippen LogP contribution in [0.3, 0.4) is 0 Å². The van der Waals surface area contributed by atoms with Gasteiger partial charge in [0, 0.05) is 13.3 Å². The van der Waals surface area contributed by atoms with E-state index in [9.17, 15) is 13.8 Å². The van der Waals surface area contributed by atoms with Crippen LogP contribution >= 0.6 is 11.6 Å². The van der Waals surface area contributed by atoms with Gasteiger partial charge in [0.15, 0.2) is 5.82 Å². The zero-order valence-electron chi connectivity index (χ0n) is 16.8. The quantitative estimate of drug-likeness (QED) is 0.654. The van der Waals surface area contributed by atoms with Gasteiger partial charge in [-0.3, -0.25) is 0 Å². The first kappa shape index (κ1) is 23.2. The number of amides is 2. The molecule has 10 heteroatoms. The Morgan fingerprint density at radius 2 is 1.52 bits per heavy atom. The Balaban J connectivity index is 3.66. The summed E-state index contributed by atoms with van der Waals surface area (Å²) in [4.78, 5) is 30.2. The van der Waals surface area contributed by atoms with E-state index in [0.717, 1.165) is 0 Å². The van der Waals surface area contributed by atoms with Crippen LogP contribution in [0.1, 0.15) is 41.5 Å². The fraction of sp³-hybridized carbons (Fsp3) is 0.588. The Hall–Kier alpha value is -1.87. The zero-order valence-corrected chi connectivity index (χ0v) is 18.4. The molecular weight excluding hydrogens is 394 g/mol. The third-order valence-corrected chi connectivity index (χ3v) is 4.97. The molecule has 0 spiro atoms. The number of halogens is 1. The molecule has 27 heavy (non-hydrogen) atoms. The monoisotopic (exact) mass is 419 g/mol. The lowest BCUT2D eigenvalue weighted by Gasteiger charge is -2.29. The van der Waals surface area contributed by atoms with E-state index in [1.165, 1.54) is 25.4 Å². The summed E-state index contributed by atoms with van der Waals surface area (Å²) in [6.07, 6.45) is -0.692. The summed E-state index contributed by atoms with van der Waals surface area (Å²) in [5.41, 5.74) is -1.78. The molecule has 0 aliphatic heterocycles. The molecule has 0 fully saturated rings. The number of anilines is 1. The van der Waals surface area contributed by atoms with Crippen molar-refractivity contribution in [3.8, 4) is 0 Å². The Kier molecular flexibility index (Phi) is 6.88. The van der Waals surface area contributed by atoms with E-state index >= 15 is 0 Å². The minimum absolute atomic E-state index is 0.00262. The molecule has 152 valence electrons. The molecule has 0 radical (unpaired) electrons. The van der Waals surface area contributed by atoms with Gasteiger partial charge in [0.1, 0.15) is 16.4 Å². The minimum Gasteiger partial charge on any atom is -0.443 e. The normalized spacial score (nSPS) is 14.1. The molecule has 1 aromatic rings. The van der Waals surface area contributed by atoms with Gasteiger partial charge < -0.3 is 9.47 Å². The fourth-order valence-electron chi connectivity index (χ4n) is 1.83. The average Bonchev–Trinajstić information content (AvgIpc) is 2.43. The summed E-state index contributed by atoms with van der Waals surface area (Å²) < 4.78 is 27.3. The van der Waals surface area contributed by atoms with Crippen LogP contribution in [0, 0.1) is 0 Å². The third kappa shape index (κ3) is 6.66. The zero-order chi connectivity index (χ0) is 21.2. The number of imide groups is 1. The maximum Gasteiger partial charge on any atom is 0.425 e. The largest absolute Gasteiger partial charge is 0.443 e. The molecule has 0 aliphatic rings. The molecule has 1 rings (SSSR count). The molecule has 0 aromatic carbocycles. The van der Waals surface area contributed by atoms with Crippen molar-refractivity contribution in [3.63, 3.8) is 0 Å². The van der Waals surface area contributed by atoms with Crippen molar-refractivity contribution < 1.29 is 23.3 Å². The lowest BCUT2D eigenvalue weighted by molar-refractivity contribution is 0.0428. The van der Waals surface area contributed by atoms with E-state index in [0.29, 0.717) is 4.90 Å². The number of rotatable bonds is 2. The van der Waals surface area contributed by atoms with Crippen molar-refractivity contribution in [2.45, 2.75) is 57.6 Å². The summed E-state index contributed by atoms with van der Waals surface area (Å²) in [5.74, 6) is -0.246. The predicted octanol–water partition coefficient (Wildman–Crippen LogP) is 4.50. The number of carbonyl (C=O) groups is 2. The maximum absolute atomic E-state index is 12.8. The number of pyridine rings is 1. The highest BCUT2D eigenvalue weighted by Gasteiger charge is 2.36. The van der Waals surface area contributed by atoms with E-state index in [2.05, 4.69) is 9.35 Å². The second kappa shape index (κ2) is 8.02. The van der Waals surface area contributed by atoms with E-state index in [4.69, 9.17) is 21.1 Å². The number of hydrogen-bond donors (Lipinski definition) is 0. The number of hydrogen-bond acceptors (Lipinski definition) is 7. The first-order chi connectivity index (χ1) is 12.1. The van der Waals surface area contributed by atoms with Gasteiger partial charge in [0.05, 0.1) is 14.6 Å². The van der Waals surface area contributed by atoms with Crippen LogP contribution in [-0.2, 0) is 19.2 Å². The summed E-state index contributed by atoms with van der Waals surface area (Å²) in [6.45, 7) is 9.89. The van der Waals surface area contributed by atoms with Gasteiger partial charge in [0.25, 0.3) is 0 Å². The second-order valence-electron chi connectivity index (χ2n) is 7.74. The smallest absolute Gasteiger partial charge is 0.425 e. The van der Waals surface area contributed by atoms with Gasteiger partial charge in [-0.25, -0.2) is 23.1 Å². The predicted molar refractivity (Wildman–Crippen MR) is 105 cm³/mol. The maximum atomic E-state index is 12.8. The third-order valence-electron chi connectivity index (χ3n) is 2.93. The molecule has 1 aromatic heterocycles. The summed E-state index contributed by atoms with van der Waals surface area (Å²) >= 11 is 5.96. The van der Waals surface area contributed by atoms with E-state index in [1.54, 1.807) is 41.5 Å². The first-order valence-corrected chi connectivity index (χ1v) is 10.4. The van der Waals surface area contributed by atoms with Gasteiger partial charge in [-0.1, -0.05) is 11.6 Å². The number of nitrogens with zero attached hydrogens (tertiary/aromatic N) is 3. The molecule has 0 saturated heterocycles. The van der Waals surface area contributed by atoms with Crippen LogP contribution in [0.4, 0.5) is 15.4 Å². The average molecular weight is 420 g/mol. The molecule has 1 atom stereocenters. The van der Waals surface area contributed by atoms with Crippen LogP contribution in [0.25, 0.3) is 0 Å². The van der Waals surface area contributed by atoms with Crippen molar-refractivity contribution in [1.82, 2.24) is 4.98 Å². The summed E-state index contributed by atoms with van der Waals surface area (Å²) in [7, 11) is -1.58. The van der Waals surface area contributed by atoms with Crippen molar-refractivity contribution >= 4 is 39.3 Å². The fourth-order valence-corrected chi connectivity index (χ4v) is 2.97. The standard InChI is InChI=1S/C17H26ClN3O5S/c1-16(2,3)25-14(22)21(15(23)26-17(4,5)6)13-11(27(8,24)19-7)9-10-12(18)20-13/h9-10H,1-8H3. The Bertz CT molecular complexity index is 821. The van der Waals surface area contributed by atoms with Crippen molar-refractivity contribution in [3.05, 3.63) is 17.3 Å². The molecule has 1 unspecified atom stereocenters. The summed E-state index contributed by atoms with van der Waals surface area (Å²) in [5, 5.41) is -0.00262. The van der Waals surface area contributed by atoms with Crippen molar-refractivity contribution in [1.29, 1.82) is 0 Å². The number of aromatic nitrogens is 1. The Morgan fingerprint density at radius 3 is 1.89 bits per heavy atom. The van der Waals surface area contributed by atoms with Crippen LogP contribution in [0.15, 0.2) is 21.4 Å². The van der Waals surface area contributed by atoms with Crippen LogP contribution in [-0.4, -0.2) is 45.9 Å². The highest BCUT2D eigenvalue weighted by atomic mass is 35.5. The first-order valence-electron chi connectivity index (χ1n) is 8.10. The lowest BCUT2D eigenvalue weighted by atomic mass is 10.2. The second-order valence-corrected chi connectivity index (χ2v) is 10.5. The van der Waals surface area contributed by atoms with Crippen molar-refractivity contribution in [2.24, 2.45) is 4.36 Å². The van der Waals surface area contributed by atoms with Crippen LogP contribution in [0.5, 0.6) is 0 Å². The summed E-state index contributed by atoms with van der Waals surface area (Å²) in [6, 6.07) is 2.80. The van der Waals surface area contributed by atoms with E-state index in [1.807, 2.05) is 0 Å². The van der Waals surface area contributed by atoms with E-state index in [-0.39, 0.29) is 15.9 Å². The minimum atomic E-state index is -2.95. The van der Waals surface area contributed by atoms with Gasteiger partial charge in [-0.2, -0.15) is 4.90 Å². The van der Waals surface area contributed by atoms with Crippen LogP contribution in [0.2, 0.25) is 5.15 Å². The van der Waals surface area contributed by atoms with Gasteiger partial charge >= 0.3 is 12.2 Å². The Morgan fingerprint density at radius 1 is 1.07 bits per heavy atom. The molecular formula is C17H26ClN3O5S. The highest BCUT2D eigenvalue weighted by Crippen LogP contribution is 2.29. The number of carbonyl (C=O) groups excluding carboxylic acids is 2. The molecule has 0 N–H and O–H groups in total. The molecule has 2 amide bonds. The highest BCUT2D eigenvalue weighted by molar-refractivity contribution is 7.93. The van der Waals surface area contributed by atoms with Gasteiger partial charge in [-0.15, -0.1) is 0 Å². The van der Waals surface area contributed by atoms with Gasteiger partial charge in [-0.05, 0) is 53.7 Å². The molecule has 1 heterocycles. The molecule has 0 saturated carbocycles. The SMILES string of the molecule is CN=S(C)(=O)c1ccc(Cl)nc1N(C(=O)OC(C)(C)C)C(=O)OC(C)(C)C. The van der Waals surface area contributed by atoms with Gasteiger partial charge in [0.2, 0.25) is 0 Å².